The fraction of sp³-hybridized carbons (Fsp3) is 0.375. The minimum absolute atomic E-state index is 0.382. The van der Waals surface area contributed by atoms with Gasteiger partial charge in [-0.05, 0) is 45.2 Å². The average Bonchev–Trinajstić information content (AvgIpc) is 2.31. The molecule has 17 heavy (non-hydrogen) atoms. The Hall–Kier alpha value is -1.68. The van der Waals surface area contributed by atoms with Crippen molar-refractivity contribution in [3.63, 3.8) is 0 Å². The first-order chi connectivity index (χ1) is 8.13. The number of aromatic hydroxyl groups is 1. The highest BCUT2D eigenvalue weighted by Crippen LogP contribution is 2.19. The van der Waals surface area contributed by atoms with Crippen LogP contribution in [0.2, 0.25) is 0 Å². The third-order valence-electron chi connectivity index (χ3n) is 2.73. The Bertz CT molecular complexity index is 458. The van der Waals surface area contributed by atoms with Crippen molar-refractivity contribution in [1.29, 1.82) is 0 Å². The van der Waals surface area contributed by atoms with Gasteiger partial charge in [0.25, 0.3) is 0 Å². The highest BCUT2D eigenvalue weighted by Gasteiger charge is 1.99. The summed E-state index contributed by atoms with van der Waals surface area (Å²) >= 11 is 0. The van der Waals surface area contributed by atoms with E-state index in [9.17, 15) is 5.11 Å². The van der Waals surface area contributed by atoms with E-state index in [1.165, 1.54) is 11.1 Å². The van der Waals surface area contributed by atoms with Gasteiger partial charge in [-0.1, -0.05) is 29.3 Å². The summed E-state index contributed by atoms with van der Waals surface area (Å²) in [5.41, 5.74) is 3.50. The molecule has 0 aliphatic heterocycles. The third kappa shape index (κ3) is 4.78. The van der Waals surface area contributed by atoms with Crippen LogP contribution in [0.4, 0.5) is 0 Å². The van der Waals surface area contributed by atoms with Gasteiger partial charge in [-0.2, -0.15) is 0 Å². The first-order valence-corrected chi connectivity index (χ1v) is 5.97. The monoisotopic (exact) mass is 228 g/mol. The smallest absolute Gasteiger partial charge is 0.119 e. The van der Waals surface area contributed by atoms with Gasteiger partial charge in [0.2, 0.25) is 0 Å². The molecule has 0 fully saturated rings. The Kier molecular flexibility index (Phi) is 5.36. The van der Waals surface area contributed by atoms with Crippen molar-refractivity contribution in [2.75, 3.05) is 0 Å². The minimum atomic E-state index is 0.382. The van der Waals surface area contributed by atoms with Gasteiger partial charge in [0.05, 0.1) is 0 Å². The molecule has 1 nitrogen and oxygen atoms in total. The van der Waals surface area contributed by atoms with E-state index in [0.29, 0.717) is 5.75 Å². The fourth-order valence-electron chi connectivity index (χ4n) is 1.65. The summed E-state index contributed by atoms with van der Waals surface area (Å²) in [5, 5.41) is 9.71. The van der Waals surface area contributed by atoms with Crippen LogP contribution >= 0.6 is 0 Å². The van der Waals surface area contributed by atoms with Crippen molar-refractivity contribution in [1.82, 2.24) is 0 Å². The number of hydrogen-bond acceptors (Lipinski definition) is 1. The lowest BCUT2D eigenvalue weighted by molar-refractivity contribution is 0.469. The number of aryl methyl sites for hydroxylation is 1. The largest absolute Gasteiger partial charge is 0.508 e. The molecule has 0 amide bonds. The number of hydrogen-bond donors (Lipinski definition) is 1. The summed E-state index contributed by atoms with van der Waals surface area (Å²) in [4.78, 5) is 0. The van der Waals surface area contributed by atoms with Crippen LogP contribution in [-0.4, -0.2) is 5.11 Å². The van der Waals surface area contributed by atoms with Crippen molar-refractivity contribution in [2.45, 2.75) is 40.0 Å². The minimum Gasteiger partial charge on any atom is -0.508 e. The summed E-state index contributed by atoms with van der Waals surface area (Å²) in [6.07, 6.45) is 4.89. The number of phenols is 1. The molecule has 0 saturated heterocycles. The maximum absolute atomic E-state index is 9.71. The molecular formula is C16H20O. The molecule has 0 saturated carbocycles. The van der Waals surface area contributed by atoms with Gasteiger partial charge in [-0.25, -0.2) is 0 Å². The first kappa shape index (κ1) is 13.4. The average molecular weight is 228 g/mol. The zero-order valence-electron chi connectivity index (χ0n) is 10.9. The molecule has 1 aromatic rings. The highest BCUT2D eigenvalue weighted by molar-refractivity contribution is 5.37. The van der Waals surface area contributed by atoms with Crippen LogP contribution in [0.5, 0.6) is 5.75 Å². The molecule has 0 aromatic heterocycles. The molecule has 1 aromatic carbocycles. The summed E-state index contributed by atoms with van der Waals surface area (Å²) in [5.74, 6) is 6.34. The van der Waals surface area contributed by atoms with E-state index in [-0.39, 0.29) is 0 Å². The Morgan fingerprint density at radius 2 is 2.18 bits per heavy atom. The zero-order valence-corrected chi connectivity index (χ0v) is 10.9. The Labute approximate surface area is 104 Å². The molecule has 1 N–H and O–H groups in total. The molecule has 0 unspecified atom stereocenters. The first-order valence-electron chi connectivity index (χ1n) is 5.97. The number of phenolic OH excluding ortho intramolecular Hbond substituents is 1. The van der Waals surface area contributed by atoms with Crippen LogP contribution < -0.4 is 0 Å². The Balaban J connectivity index is 2.61. The third-order valence-corrected chi connectivity index (χ3v) is 2.73. The number of rotatable bonds is 4. The molecule has 0 aliphatic carbocycles. The van der Waals surface area contributed by atoms with Crippen molar-refractivity contribution < 1.29 is 5.11 Å². The Morgan fingerprint density at radius 1 is 1.41 bits per heavy atom. The second-order valence-electron chi connectivity index (χ2n) is 4.31. The Morgan fingerprint density at radius 3 is 2.88 bits per heavy atom. The fourth-order valence-corrected chi connectivity index (χ4v) is 1.65. The lowest BCUT2D eigenvalue weighted by Crippen LogP contribution is -1.86. The van der Waals surface area contributed by atoms with Gasteiger partial charge in [-0.3, -0.25) is 0 Å². The van der Waals surface area contributed by atoms with E-state index in [4.69, 9.17) is 0 Å². The molecule has 0 radical (unpaired) electrons. The summed E-state index contributed by atoms with van der Waals surface area (Å²) in [6, 6.07) is 5.72. The van der Waals surface area contributed by atoms with E-state index in [1.54, 1.807) is 6.07 Å². The zero-order chi connectivity index (χ0) is 12.7. The molecule has 0 spiro atoms. The topological polar surface area (TPSA) is 20.2 Å². The SMILES string of the molecule is CC#CCC/C(C)=C/Cc1cc(C)ccc1O. The maximum atomic E-state index is 9.71. The maximum Gasteiger partial charge on any atom is 0.119 e. The normalized spacial score (nSPS) is 10.9. The van der Waals surface area contributed by atoms with Crippen LogP contribution in [0.3, 0.4) is 0 Å². The van der Waals surface area contributed by atoms with E-state index >= 15 is 0 Å². The van der Waals surface area contributed by atoms with Gasteiger partial charge >= 0.3 is 0 Å². The van der Waals surface area contributed by atoms with Crippen LogP contribution in [0.15, 0.2) is 29.8 Å². The lowest BCUT2D eigenvalue weighted by Gasteiger charge is -2.04. The number of benzene rings is 1. The number of allylic oxidation sites excluding steroid dienone is 2. The van der Waals surface area contributed by atoms with Gasteiger partial charge in [-0.15, -0.1) is 11.8 Å². The van der Waals surface area contributed by atoms with Crippen LogP contribution in [0.1, 0.15) is 37.8 Å². The summed E-state index contributed by atoms with van der Waals surface area (Å²) < 4.78 is 0. The molecule has 0 heterocycles. The van der Waals surface area contributed by atoms with Crippen molar-refractivity contribution in [3.05, 3.63) is 41.0 Å². The lowest BCUT2D eigenvalue weighted by atomic mass is 10.0. The van der Waals surface area contributed by atoms with Crippen molar-refractivity contribution in [2.24, 2.45) is 0 Å². The predicted octanol–water partition coefficient (Wildman–Crippen LogP) is 3.99. The predicted molar refractivity (Wildman–Crippen MR) is 73.0 cm³/mol. The molecule has 0 bridgehead atoms. The van der Waals surface area contributed by atoms with Gasteiger partial charge in [0.15, 0.2) is 0 Å². The summed E-state index contributed by atoms with van der Waals surface area (Å²) in [6.45, 7) is 6.02. The molecule has 0 aliphatic rings. The van der Waals surface area contributed by atoms with Gasteiger partial charge < -0.3 is 5.11 Å². The van der Waals surface area contributed by atoms with E-state index in [0.717, 1.165) is 24.8 Å². The van der Waals surface area contributed by atoms with Crippen molar-refractivity contribution in [3.8, 4) is 17.6 Å². The molecular weight excluding hydrogens is 208 g/mol. The van der Waals surface area contributed by atoms with Crippen LogP contribution in [0, 0.1) is 18.8 Å². The quantitative estimate of drug-likeness (QED) is 0.610. The van der Waals surface area contributed by atoms with E-state index < -0.39 is 0 Å². The molecule has 0 atom stereocenters. The van der Waals surface area contributed by atoms with Crippen LogP contribution in [0.25, 0.3) is 0 Å². The van der Waals surface area contributed by atoms with Gasteiger partial charge in [0.1, 0.15) is 5.75 Å². The van der Waals surface area contributed by atoms with E-state index in [2.05, 4.69) is 24.8 Å². The van der Waals surface area contributed by atoms with E-state index in [1.807, 2.05) is 26.0 Å². The molecule has 90 valence electrons. The molecule has 1 rings (SSSR count). The standard InChI is InChI=1S/C16H20O/c1-4-5-6-7-13(2)8-10-15-12-14(3)9-11-16(15)17/h8-9,11-12,17H,6-7,10H2,1-3H3/b13-8+. The second kappa shape index (κ2) is 6.81. The van der Waals surface area contributed by atoms with Crippen LogP contribution in [-0.2, 0) is 6.42 Å². The van der Waals surface area contributed by atoms with Crippen molar-refractivity contribution >= 4 is 0 Å². The second-order valence-corrected chi connectivity index (χ2v) is 4.31. The summed E-state index contributed by atoms with van der Waals surface area (Å²) in [7, 11) is 0. The highest BCUT2D eigenvalue weighted by atomic mass is 16.3. The molecule has 1 heteroatoms. The van der Waals surface area contributed by atoms with Gasteiger partial charge in [0, 0.05) is 6.42 Å².